The second kappa shape index (κ2) is 5.79. The van der Waals surface area contributed by atoms with E-state index in [0.29, 0.717) is 18.5 Å². The van der Waals surface area contributed by atoms with Crippen LogP contribution in [0.15, 0.2) is 4.52 Å². The van der Waals surface area contributed by atoms with Crippen LogP contribution in [0.25, 0.3) is 0 Å². The fourth-order valence-electron chi connectivity index (χ4n) is 4.12. The van der Waals surface area contributed by atoms with Gasteiger partial charge in [-0.2, -0.15) is 0 Å². The number of hydrogen-bond donors (Lipinski definition) is 1. The highest BCUT2D eigenvalue weighted by Crippen LogP contribution is 2.41. The number of rotatable bonds is 4. The van der Waals surface area contributed by atoms with Crippen LogP contribution in [0, 0.1) is 12.8 Å². The molecule has 1 N–H and O–H groups in total. The maximum absolute atomic E-state index is 11.6. The highest BCUT2D eigenvalue weighted by atomic mass is 16.5. The van der Waals surface area contributed by atoms with Crippen LogP contribution in [-0.4, -0.2) is 33.2 Å². The molecule has 0 spiro atoms. The lowest BCUT2D eigenvalue weighted by Gasteiger charge is -2.32. The number of nitrogens with zero attached hydrogens (tertiary/aromatic N) is 2. The first kappa shape index (κ1) is 14.6. The van der Waals surface area contributed by atoms with Crippen LogP contribution < -0.4 is 0 Å². The molecule has 5 heteroatoms. The van der Waals surface area contributed by atoms with E-state index in [-0.39, 0.29) is 6.04 Å². The van der Waals surface area contributed by atoms with Crippen molar-refractivity contribution in [1.29, 1.82) is 0 Å². The first-order valence-electron chi connectivity index (χ1n) is 8.04. The molecule has 0 amide bonds. The van der Waals surface area contributed by atoms with Crippen molar-refractivity contribution >= 4 is 5.97 Å². The molecule has 1 saturated carbocycles. The van der Waals surface area contributed by atoms with Gasteiger partial charge >= 0.3 is 5.97 Å². The minimum absolute atomic E-state index is 0.350. The quantitative estimate of drug-likeness (QED) is 0.924. The van der Waals surface area contributed by atoms with Gasteiger partial charge in [0.05, 0.1) is 5.69 Å². The maximum atomic E-state index is 11.6. The van der Waals surface area contributed by atoms with Gasteiger partial charge in [-0.1, -0.05) is 24.9 Å². The number of carboxylic acid groups (broad SMARTS) is 1. The number of carbonyl (C=O) groups is 1. The lowest BCUT2D eigenvalue weighted by atomic mass is 9.84. The van der Waals surface area contributed by atoms with Gasteiger partial charge < -0.3 is 9.63 Å². The second-order valence-corrected chi connectivity index (χ2v) is 6.39. The third-order valence-electron chi connectivity index (χ3n) is 5.25. The SMILES string of the molecule is CCc1noc(C)c1CN1C(C(=O)O)CC2CCCCC21. The predicted molar refractivity (Wildman–Crippen MR) is 77.9 cm³/mol. The van der Waals surface area contributed by atoms with Gasteiger partial charge in [0.15, 0.2) is 0 Å². The summed E-state index contributed by atoms with van der Waals surface area (Å²) in [7, 11) is 0. The van der Waals surface area contributed by atoms with Crippen molar-refractivity contribution in [3.63, 3.8) is 0 Å². The first-order valence-corrected chi connectivity index (χ1v) is 8.04. The third-order valence-corrected chi connectivity index (χ3v) is 5.25. The van der Waals surface area contributed by atoms with Gasteiger partial charge in [-0.15, -0.1) is 0 Å². The molecule has 2 heterocycles. The summed E-state index contributed by atoms with van der Waals surface area (Å²) in [5.41, 5.74) is 2.06. The molecule has 0 radical (unpaired) electrons. The normalized spacial score (nSPS) is 29.5. The minimum atomic E-state index is -0.684. The first-order chi connectivity index (χ1) is 10.1. The van der Waals surface area contributed by atoms with Crippen LogP contribution in [0.5, 0.6) is 0 Å². The zero-order chi connectivity index (χ0) is 15.0. The molecule has 1 saturated heterocycles. The highest BCUT2D eigenvalue weighted by molar-refractivity contribution is 5.74. The molecule has 3 rings (SSSR count). The number of hydrogen-bond acceptors (Lipinski definition) is 4. The average molecular weight is 292 g/mol. The fourth-order valence-corrected chi connectivity index (χ4v) is 4.12. The van der Waals surface area contributed by atoms with Crippen LogP contribution in [0.1, 0.15) is 56.0 Å². The highest BCUT2D eigenvalue weighted by Gasteiger charge is 2.45. The van der Waals surface area contributed by atoms with E-state index in [2.05, 4.69) is 17.0 Å². The van der Waals surface area contributed by atoms with E-state index in [9.17, 15) is 9.90 Å². The van der Waals surface area contributed by atoms with Crippen molar-refractivity contribution in [3.8, 4) is 0 Å². The molecule has 116 valence electrons. The van der Waals surface area contributed by atoms with E-state index in [1.807, 2.05) is 6.92 Å². The second-order valence-electron chi connectivity index (χ2n) is 6.39. The third kappa shape index (κ3) is 2.59. The van der Waals surface area contributed by atoms with Gasteiger partial charge in [-0.3, -0.25) is 9.69 Å². The van der Waals surface area contributed by atoms with Gasteiger partial charge in [0.1, 0.15) is 11.8 Å². The van der Waals surface area contributed by atoms with Gasteiger partial charge in [0, 0.05) is 18.2 Å². The monoisotopic (exact) mass is 292 g/mol. The topological polar surface area (TPSA) is 66.6 Å². The van der Waals surface area contributed by atoms with E-state index >= 15 is 0 Å². The molecule has 21 heavy (non-hydrogen) atoms. The van der Waals surface area contributed by atoms with Gasteiger partial charge in [-0.25, -0.2) is 0 Å². The Hall–Kier alpha value is -1.36. The van der Waals surface area contributed by atoms with Crippen molar-refractivity contribution in [1.82, 2.24) is 10.1 Å². The van der Waals surface area contributed by atoms with Gasteiger partial charge in [0.2, 0.25) is 0 Å². The predicted octanol–water partition coefficient (Wildman–Crippen LogP) is 2.76. The van der Waals surface area contributed by atoms with Gasteiger partial charge in [0.25, 0.3) is 0 Å². The number of likely N-dealkylation sites (tertiary alicyclic amines) is 1. The van der Waals surface area contributed by atoms with E-state index in [4.69, 9.17) is 4.52 Å². The fraction of sp³-hybridized carbons (Fsp3) is 0.750. The van der Waals surface area contributed by atoms with Crippen LogP contribution in [-0.2, 0) is 17.8 Å². The molecule has 3 atom stereocenters. The smallest absolute Gasteiger partial charge is 0.320 e. The molecule has 5 nitrogen and oxygen atoms in total. The summed E-state index contributed by atoms with van der Waals surface area (Å²) < 4.78 is 5.30. The molecule has 0 aromatic carbocycles. The zero-order valence-corrected chi connectivity index (χ0v) is 12.8. The van der Waals surface area contributed by atoms with Crippen molar-refractivity contribution in [3.05, 3.63) is 17.0 Å². The molecule has 1 aliphatic heterocycles. The van der Waals surface area contributed by atoms with E-state index in [1.54, 1.807) is 0 Å². The number of aryl methyl sites for hydroxylation is 2. The Kier molecular flexibility index (Phi) is 4.02. The summed E-state index contributed by atoms with van der Waals surface area (Å²) in [5, 5.41) is 13.7. The number of aliphatic carboxylic acids is 1. The Balaban J connectivity index is 1.86. The number of aromatic nitrogens is 1. The summed E-state index contributed by atoms with van der Waals surface area (Å²) in [6.07, 6.45) is 6.38. The molecule has 0 bridgehead atoms. The maximum Gasteiger partial charge on any atom is 0.320 e. The Morgan fingerprint density at radius 3 is 2.90 bits per heavy atom. The molecule has 1 aromatic heterocycles. The summed E-state index contributed by atoms with van der Waals surface area (Å²) in [6.45, 7) is 4.64. The van der Waals surface area contributed by atoms with Gasteiger partial charge in [-0.05, 0) is 38.5 Å². The Bertz CT molecular complexity index is 526. The molecular formula is C16H24N2O3. The molecular weight excluding hydrogens is 268 g/mol. The van der Waals surface area contributed by atoms with Crippen LogP contribution in [0.2, 0.25) is 0 Å². The largest absolute Gasteiger partial charge is 0.480 e. The summed E-state index contributed by atoms with van der Waals surface area (Å²) >= 11 is 0. The lowest BCUT2D eigenvalue weighted by molar-refractivity contribution is -0.142. The summed E-state index contributed by atoms with van der Waals surface area (Å²) in [6, 6.07) is 0.0657. The minimum Gasteiger partial charge on any atom is -0.480 e. The summed E-state index contributed by atoms with van der Waals surface area (Å²) in [5.74, 6) is 0.692. The lowest BCUT2D eigenvalue weighted by Crippen LogP contribution is -2.41. The van der Waals surface area contributed by atoms with E-state index in [0.717, 1.165) is 36.3 Å². The number of carboxylic acids is 1. The molecule has 2 fully saturated rings. The van der Waals surface area contributed by atoms with E-state index in [1.165, 1.54) is 19.3 Å². The van der Waals surface area contributed by atoms with E-state index < -0.39 is 5.97 Å². The van der Waals surface area contributed by atoms with Crippen molar-refractivity contribution in [2.24, 2.45) is 5.92 Å². The summed E-state index contributed by atoms with van der Waals surface area (Å²) in [4.78, 5) is 13.8. The van der Waals surface area contributed by atoms with Crippen LogP contribution >= 0.6 is 0 Å². The standard InChI is InChI=1S/C16H24N2O3/c1-3-13-12(10(2)21-17-13)9-18-14-7-5-4-6-11(14)8-15(18)16(19)20/h11,14-15H,3-9H2,1-2H3,(H,19,20). The Morgan fingerprint density at radius 1 is 1.43 bits per heavy atom. The Morgan fingerprint density at radius 2 is 2.19 bits per heavy atom. The molecule has 3 unspecified atom stereocenters. The van der Waals surface area contributed by atoms with Crippen molar-refractivity contribution < 1.29 is 14.4 Å². The zero-order valence-electron chi connectivity index (χ0n) is 12.8. The van der Waals surface area contributed by atoms with Crippen LogP contribution in [0.3, 0.4) is 0 Å². The molecule has 1 aromatic rings. The molecule has 2 aliphatic rings. The van der Waals surface area contributed by atoms with Crippen molar-refractivity contribution in [2.75, 3.05) is 0 Å². The average Bonchev–Trinajstić information content (AvgIpc) is 3.02. The van der Waals surface area contributed by atoms with Crippen molar-refractivity contribution in [2.45, 2.75) is 71.0 Å². The molecule has 1 aliphatic carbocycles. The Labute approximate surface area is 125 Å². The van der Waals surface area contributed by atoms with Crippen LogP contribution in [0.4, 0.5) is 0 Å². The number of fused-ring (bicyclic) bond motifs is 1.